The van der Waals surface area contributed by atoms with Crippen LogP contribution in [0.4, 0.5) is 5.13 Å². The highest BCUT2D eigenvalue weighted by Gasteiger charge is 2.35. The predicted molar refractivity (Wildman–Crippen MR) is 57.3 cm³/mol. The number of nitrogens with zero attached hydrogens (tertiary/aromatic N) is 3. The second kappa shape index (κ2) is 3.86. The number of halogens is 1. The van der Waals surface area contributed by atoms with Gasteiger partial charge >= 0.3 is 0 Å². The summed E-state index contributed by atoms with van der Waals surface area (Å²) < 4.78 is 0.604. The van der Waals surface area contributed by atoms with Gasteiger partial charge in [0.1, 0.15) is 0 Å². The second-order valence-electron chi connectivity index (χ2n) is 3.15. The van der Waals surface area contributed by atoms with Crippen LogP contribution in [-0.2, 0) is 9.59 Å². The zero-order chi connectivity index (χ0) is 11.0. The first-order valence-electron chi connectivity index (χ1n) is 4.16. The summed E-state index contributed by atoms with van der Waals surface area (Å²) in [7, 11) is 0. The third kappa shape index (κ3) is 2.00. The Morgan fingerprint density at radius 3 is 2.80 bits per heavy atom. The molecule has 1 aromatic rings. The van der Waals surface area contributed by atoms with Crippen LogP contribution in [0.1, 0.15) is 6.42 Å². The number of amides is 2. The highest BCUT2D eigenvalue weighted by Crippen LogP contribution is 2.29. The lowest BCUT2D eigenvalue weighted by molar-refractivity contribution is -0.123. The van der Waals surface area contributed by atoms with E-state index in [-0.39, 0.29) is 12.3 Å². The summed E-state index contributed by atoms with van der Waals surface area (Å²) in [5.41, 5.74) is 5.15. The highest BCUT2D eigenvalue weighted by atomic mass is 79.9. The van der Waals surface area contributed by atoms with Gasteiger partial charge in [0, 0.05) is 13.0 Å². The van der Waals surface area contributed by atoms with Crippen LogP contribution in [0.25, 0.3) is 0 Å². The summed E-state index contributed by atoms with van der Waals surface area (Å²) >= 11 is 4.41. The van der Waals surface area contributed by atoms with Crippen molar-refractivity contribution < 1.29 is 9.59 Å². The van der Waals surface area contributed by atoms with E-state index in [1.54, 1.807) is 0 Å². The van der Waals surface area contributed by atoms with Crippen molar-refractivity contribution in [1.29, 1.82) is 0 Å². The lowest BCUT2D eigenvalue weighted by Crippen LogP contribution is -2.28. The number of carbonyl (C=O) groups excluding carboxylic acids is 2. The Bertz CT molecular complexity index is 421. The molecule has 1 aromatic heterocycles. The predicted octanol–water partition coefficient (Wildman–Crippen LogP) is 0.139. The molecule has 8 heteroatoms. The van der Waals surface area contributed by atoms with E-state index in [1.807, 2.05) is 0 Å². The molecule has 1 saturated heterocycles. The van der Waals surface area contributed by atoms with Crippen molar-refractivity contribution in [3.8, 4) is 0 Å². The third-order valence-electron chi connectivity index (χ3n) is 2.15. The minimum atomic E-state index is -0.450. The van der Waals surface area contributed by atoms with Crippen molar-refractivity contribution in [2.24, 2.45) is 11.7 Å². The van der Waals surface area contributed by atoms with Crippen molar-refractivity contribution >= 4 is 44.2 Å². The SMILES string of the molecule is NC(=O)C1CC(=O)N(c2nnc(Br)s2)C1. The molecule has 2 amide bonds. The van der Waals surface area contributed by atoms with Gasteiger partial charge in [0.15, 0.2) is 3.92 Å². The molecule has 0 saturated carbocycles. The molecule has 1 unspecified atom stereocenters. The van der Waals surface area contributed by atoms with E-state index in [2.05, 4.69) is 26.1 Å². The first-order chi connectivity index (χ1) is 7.08. The molecule has 2 N–H and O–H groups in total. The second-order valence-corrected chi connectivity index (χ2v) is 5.38. The van der Waals surface area contributed by atoms with E-state index in [4.69, 9.17) is 5.73 Å². The first kappa shape index (κ1) is 10.5. The number of nitrogens with two attached hydrogens (primary N) is 1. The standard InChI is InChI=1S/C7H7BrN4O2S/c8-6-10-11-7(15-6)12-2-3(5(9)14)1-4(12)13/h3H,1-2H2,(H2,9,14). The Kier molecular flexibility index (Phi) is 2.70. The largest absolute Gasteiger partial charge is 0.369 e. The minimum Gasteiger partial charge on any atom is -0.369 e. The minimum absolute atomic E-state index is 0.137. The molecule has 1 aliphatic heterocycles. The molecule has 2 heterocycles. The van der Waals surface area contributed by atoms with E-state index in [0.717, 1.165) is 0 Å². The number of primary amides is 1. The molecule has 0 radical (unpaired) electrons. The van der Waals surface area contributed by atoms with Gasteiger partial charge in [-0.2, -0.15) is 0 Å². The molecule has 6 nitrogen and oxygen atoms in total. The fourth-order valence-corrected chi connectivity index (χ4v) is 2.50. The normalized spacial score (nSPS) is 21.0. The Morgan fingerprint density at radius 2 is 2.33 bits per heavy atom. The van der Waals surface area contributed by atoms with Crippen molar-refractivity contribution in [1.82, 2.24) is 10.2 Å². The van der Waals surface area contributed by atoms with Crippen LogP contribution in [0, 0.1) is 5.92 Å². The van der Waals surface area contributed by atoms with Gasteiger partial charge in [0.05, 0.1) is 5.92 Å². The maximum atomic E-state index is 11.5. The Morgan fingerprint density at radius 1 is 1.60 bits per heavy atom. The van der Waals surface area contributed by atoms with E-state index < -0.39 is 11.8 Å². The van der Waals surface area contributed by atoms with Crippen molar-refractivity contribution in [2.75, 3.05) is 11.4 Å². The van der Waals surface area contributed by atoms with Crippen LogP contribution in [0.15, 0.2) is 3.92 Å². The average Bonchev–Trinajstić information content (AvgIpc) is 2.71. The summed E-state index contributed by atoms with van der Waals surface area (Å²) in [6.07, 6.45) is 0.159. The molecule has 0 spiro atoms. The van der Waals surface area contributed by atoms with Gasteiger partial charge in [-0.1, -0.05) is 11.3 Å². The summed E-state index contributed by atoms with van der Waals surface area (Å²) in [4.78, 5) is 23.9. The van der Waals surface area contributed by atoms with Crippen LogP contribution >= 0.6 is 27.3 Å². The van der Waals surface area contributed by atoms with E-state index in [0.29, 0.717) is 15.6 Å². The van der Waals surface area contributed by atoms with Crippen molar-refractivity contribution in [3.63, 3.8) is 0 Å². The van der Waals surface area contributed by atoms with Gasteiger partial charge in [-0.3, -0.25) is 14.5 Å². The lowest BCUT2D eigenvalue weighted by atomic mass is 10.1. The summed E-state index contributed by atoms with van der Waals surface area (Å²) in [5, 5.41) is 8.05. The molecular weight excluding hydrogens is 284 g/mol. The quantitative estimate of drug-likeness (QED) is 0.839. The molecule has 1 atom stereocenters. The lowest BCUT2D eigenvalue weighted by Gasteiger charge is -2.10. The zero-order valence-electron chi connectivity index (χ0n) is 7.51. The highest BCUT2D eigenvalue weighted by molar-refractivity contribution is 9.11. The topological polar surface area (TPSA) is 89.2 Å². The molecular formula is C7H7BrN4O2S. The Hall–Kier alpha value is -1.02. The number of hydrogen-bond acceptors (Lipinski definition) is 5. The maximum Gasteiger partial charge on any atom is 0.229 e. The maximum absolute atomic E-state index is 11.5. The van der Waals surface area contributed by atoms with Crippen LogP contribution in [0.3, 0.4) is 0 Å². The smallest absolute Gasteiger partial charge is 0.229 e. The zero-order valence-corrected chi connectivity index (χ0v) is 9.92. The monoisotopic (exact) mass is 290 g/mol. The fourth-order valence-electron chi connectivity index (χ4n) is 1.39. The van der Waals surface area contributed by atoms with Crippen LogP contribution in [0.5, 0.6) is 0 Å². The van der Waals surface area contributed by atoms with Crippen LogP contribution < -0.4 is 10.6 Å². The fraction of sp³-hybridized carbons (Fsp3) is 0.429. The van der Waals surface area contributed by atoms with Crippen molar-refractivity contribution in [2.45, 2.75) is 6.42 Å². The number of anilines is 1. The molecule has 1 fully saturated rings. The average molecular weight is 291 g/mol. The molecule has 2 rings (SSSR count). The van der Waals surface area contributed by atoms with Gasteiger partial charge in [0.2, 0.25) is 16.9 Å². The van der Waals surface area contributed by atoms with Gasteiger partial charge in [-0.25, -0.2) is 0 Å². The molecule has 0 bridgehead atoms. The van der Waals surface area contributed by atoms with Gasteiger partial charge in [0.25, 0.3) is 0 Å². The summed E-state index contributed by atoms with van der Waals surface area (Å²) in [5.74, 6) is -1.00. The summed E-state index contributed by atoms with van der Waals surface area (Å²) in [6, 6.07) is 0. The van der Waals surface area contributed by atoms with Gasteiger partial charge in [-0.05, 0) is 15.9 Å². The van der Waals surface area contributed by atoms with E-state index >= 15 is 0 Å². The molecule has 0 aliphatic carbocycles. The molecule has 0 aromatic carbocycles. The van der Waals surface area contributed by atoms with Crippen LogP contribution in [0.2, 0.25) is 0 Å². The number of hydrogen-bond donors (Lipinski definition) is 1. The Balaban J connectivity index is 2.18. The van der Waals surface area contributed by atoms with Gasteiger partial charge < -0.3 is 5.73 Å². The number of rotatable bonds is 2. The molecule has 15 heavy (non-hydrogen) atoms. The number of carbonyl (C=O) groups is 2. The van der Waals surface area contributed by atoms with Gasteiger partial charge in [-0.15, -0.1) is 10.2 Å². The van der Waals surface area contributed by atoms with E-state index in [9.17, 15) is 9.59 Å². The summed E-state index contributed by atoms with van der Waals surface area (Å²) in [6.45, 7) is 0.301. The molecule has 1 aliphatic rings. The first-order valence-corrected chi connectivity index (χ1v) is 5.77. The van der Waals surface area contributed by atoms with Crippen LogP contribution in [-0.4, -0.2) is 28.6 Å². The third-order valence-corrected chi connectivity index (χ3v) is 3.53. The Labute approximate surface area is 97.6 Å². The van der Waals surface area contributed by atoms with E-state index in [1.165, 1.54) is 16.2 Å². The van der Waals surface area contributed by atoms with Crippen molar-refractivity contribution in [3.05, 3.63) is 3.92 Å². The molecule has 80 valence electrons. The number of aromatic nitrogens is 2.